The Bertz CT molecular complexity index is 918. The summed E-state index contributed by atoms with van der Waals surface area (Å²) in [5.41, 5.74) is 1.13. The molecule has 4 rings (SSSR count). The quantitative estimate of drug-likeness (QED) is 0.735. The second-order valence-corrected chi connectivity index (χ2v) is 8.38. The maximum absolute atomic E-state index is 12.6. The zero-order chi connectivity index (χ0) is 16.7. The van der Waals surface area contributed by atoms with E-state index in [0.29, 0.717) is 15.0 Å². The molecular formula is C17H17ClN3OS2+. The number of carbonyl (C=O) groups excluding carboxylic acids is 1. The van der Waals surface area contributed by atoms with Gasteiger partial charge >= 0.3 is 0 Å². The number of nitrogens with one attached hydrogen (secondary N) is 2. The van der Waals surface area contributed by atoms with Crippen molar-refractivity contribution < 1.29 is 9.69 Å². The van der Waals surface area contributed by atoms with Crippen molar-refractivity contribution >= 4 is 55.4 Å². The fraction of sp³-hybridized carbons (Fsp3) is 0.294. The highest BCUT2D eigenvalue weighted by Gasteiger charge is 2.24. The van der Waals surface area contributed by atoms with Crippen LogP contribution in [0.1, 0.15) is 27.2 Å². The number of halogens is 1. The number of likely N-dealkylation sites (N-methyl/N-ethyl adjacent to an activating group) is 1. The van der Waals surface area contributed by atoms with Crippen LogP contribution >= 0.6 is 34.3 Å². The molecule has 1 atom stereocenters. The van der Waals surface area contributed by atoms with Gasteiger partial charge in [0.15, 0.2) is 5.13 Å². The molecule has 4 nitrogen and oxygen atoms in total. The molecule has 2 aromatic heterocycles. The SMILES string of the molecule is CC[NH+]1CCc2nc(NC(=O)c3sc4ccccc4c3Cl)sc2C1. The molecule has 0 radical (unpaired) electrons. The van der Waals surface area contributed by atoms with Crippen LogP contribution in [-0.2, 0) is 13.0 Å². The van der Waals surface area contributed by atoms with E-state index in [1.165, 1.54) is 16.2 Å². The average Bonchev–Trinajstić information content (AvgIpc) is 3.15. The molecule has 1 unspecified atom stereocenters. The molecule has 0 saturated carbocycles. The smallest absolute Gasteiger partial charge is 0.269 e. The van der Waals surface area contributed by atoms with Crippen molar-refractivity contribution in [3.8, 4) is 0 Å². The highest BCUT2D eigenvalue weighted by Crippen LogP contribution is 2.36. The van der Waals surface area contributed by atoms with E-state index < -0.39 is 0 Å². The molecule has 0 saturated heterocycles. The summed E-state index contributed by atoms with van der Waals surface area (Å²) in [6.07, 6.45) is 0.981. The number of nitrogens with zero attached hydrogens (tertiary/aromatic N) is 1. The molecule has 0 spiro atoms. The van der Waals surface area contributed by atoms with Gasteiger partial charge in [0.1, 0.15) is 11.4 Å². The number of hydrogen-bond donors (Lipinski definition) is 2. The van der Waals surface area contributed by atoms with Gasteiger partial charge in [-0.15, -0.1) is 11.3 Å². The lowest BCUT2D eigenvalue weighted by atomic mass is 10.2. The minimum absolute atomic E-state index is 0.174. The summed E-state index contributed by atoms with van der Waals surface area (Å²) < 4.78 is 1.02. The van der Waals surface area contributed by atoms with Crippen molar-refractivity contribution in [2.75, 3.05) is 18.4 Å². The van der Waals surface area contributed by atoms with E-state index in [-0.39, 0.29) is 5.91 Å². The van der Waals surface area contributed by atoms with Gasteiger partial charge in [-0.3, -0.25) is 10.1 Å². The Morgan fingerprint density at radius 2 is 2.21 bits per heavy atom. The number of carbonyl (C=O) groups is 1. The Balaban J connectivity index is 1.58. The summed E-state index contributed by atoms with van der Waals surface area (Å²) in [5, 5.41) is 5.06. The first-order valence-electron chi connectivity index (χ1n) is 7.96. The monoisotopic (exact) mass is 378 g/mol. The first kappa shape index (κ1) is 16.0. The second-order valence-electron chi connectivity index (χ2n) is 5.86. The Kier molecular flexibility index (Phi) is 4.30. The van der Waals surface area contributed by atoms with Gasteiger partial charge in [-0.25, -0.2) is 4.98 Å². The fourth-order valence-corrected chi connectivity index (χ4v) is 5.48. The lowest BCUT2D eigenvalue weighted by molar-refractivity contribution is -0.913. The fourth-order valence-electron chi connectivity index (χ4n) is 3.00. The zero-order valence-corrected chi connectivity index (χ0v) is 15.6. The van der Waals surface area contributed by atoms with E-state index in [4.69, 9.17) is 11.6 Å². The molecule has 3 aromatic rings. The molecule has 0 fully saturated rings. The van der Waals surface area contributed by atoms with Crippen molar-refractivity contribution in [3.05, 3.63) is 44.7 Å². The van der Waals surface area contributed by atoms with Gasteiger partial charge in [0.2, 0.25) is 0 Å². The summed E-state index contributed by atoms with van der Waals surface area (Å²) in [6, 6.07) is 7.80. The van der Waals surface area contributed by atoms with E-state index in [2.05, 4.69) is 17.2 Å². The van der Waals surface area contributed by atoms with Gasteiger partial charge in [0.25, 0.3) is 5.91 Å². The van der Waals surface area contributed by atoms with Gasteiger partial charge in [0.05, 0.1) is 28.7 Å². The third kappa shape index (κ3) is 2.84. The molecular weight excluding hydrogens is 362 g/mol. The van der Waals surface area contributed by atoms with Crippen molar-refractivity contribution in [3.63, 3.8) is 0 Å². The molecule has 124 valence electrons. The molecule has 0 aliphatic carbocycles. The third-order valence-corrected chi connectivity index (χ3v) is 7.05. The standard InChI is InChI=1S/C17H16ClN3OS2/c1-2-21-8-7-11-13(9-21)24-17(19-11)20-16(22)15-14(18)10-5-3-4-6-12(10)23-15/h3-6H,2,7-9H2,1H3,(H,19,20,22)/p+1. The van der Waals surface area contributed by atoms with Gasteiger partial charge in [-0.2, -0.15) is 0 Å². The molecule has 7 heteroatoms. The number of hydrogen-bond acceptors (Lipinski definition) is 4. The normalized spacial score (nSPS) is 17.0. The Hall–Kier alpha value is -1.47. The lowest BCUT2D eigenvalue weighted by Gasteiger charge is -2.20. The average molecular weight is 379 g/mol. The van der Waals surface area contributed by atoms with Gasteiger partial charge in [-0.1, -0.05) is 41.1 Å². The Morgan fingerprint density at radius 1 is 1.38 bits per heavy atom. The lowest BCUT2D eigenvalue weighted by Crippen LogP contribution is -3.11. The van der Waals surface area contributed by atoms with Crippen LogP contribution in [-0.4, -0.2) is 24.0 Å². The van der Waals surface area contributed by atoms with Crippen LogP contribution in [0.3, 0.4) is 0 Å². The van der Waals surface area contributed by atoms with Crippen LogP contribution in [0.25, 0.3) is 10.1 Å². The Labute approximate surface area is 153 Å². The molecule has 3 heterocycles. The maximum Gasteiger partial charge on any atom is 0.269 e. The number of amides is 1. The highest BCUT2D eigenvalue weighted by molar-refractivity contribution is 7.22. The maximum atomic E-state index is 12.6. The molecule has 1 aliphatic rings. The topological polar surface area (TPSA) is 46.4 Å². The number of fused-ring (bicyclic) bond motifs is 2. The van der Waals surface area contributed by atoms with Crippen LogP contribution in [0.2, 0.25) is 5.02 Å². The van der Waals surface area contributed by atoms with Crippen molar-refractivity contribution in [1.29, 1.82) is 0 Å². The largest absolute Gasteiger partial charge is 0.330 e. The number of anilines is 1. The Morgan fingerprint density at radius 3 is 3.00 bits per heavy atom. The first-order valence-corrected chi connectivity index (χ1v) is 9.97. The van der Waals surface area contributed by atoms with E-state index in [1.54, 1.807) is 16.2 Å². The van der Waals surface area contributed by atoms with E-state index in [1.807, 2.05) is 24.3 Å². The van der Waals surface area contributed by atoms with Gasteiger partial charge < -0.3 is 4.90 Å². The molecule has 1 aromatic carbocycles. The summed E-state index contributed by atoms with van der Waals surface area (Å²) >= 11 is 9.39. The van der Waals surface area contributed by atoms with Crippen LogP contribution in [0.4, 0.5) is 5.13 Å². The minimum Gasteiger partial charge on any atom is -0.330 e. The number of thiazole rings is 1. The second kappa shape index (κ2) is 6.44. The van der Waals surface area contributed by atoms with Crippen LogP contribution < -0.4 is 10.2 Å². The van der Waals surface area contributed by atoms with E-state index in [9.17, 15) is 4.79 Å². The molecule has 24 heavy (non-hydrogen) atoms. The summed E-state index contributed by atoms with van der Waals surface area (Å²) in [7, 11) is 0. The predicted molar refractivity (Wildman–Crippen MR) is 101 cm³/mol. The third-order valence-electron chi connectivity index (χ3n) is 4.37. The van der Waals surface area contributed by atoms with E-state index in [0.717, 1.165) is 41.8 Å². The number of aromatic nitrogens is 1. The van der Waals surface area contributed by atoms with Crippen LogP contribution in [0.15, 0.2) is 24.3 Å². The summed E-state index contributed by atoms with van der Waals surface area (Å²) in [5.74, 6) is -0.174. The van der Waals surface area contributed by atoms with Crippen LogP contribution in [0.5, 0.6) is 0 Å². The molecule has 1 aliphatic heterocycles. The van der Waals surface area contributed by atoms with Crippen LogP contribution in [0, 0.1) is 0 Å². The van der Waals surface area contributed by atoms with Crippen molar-refractivity contribution in [1.82, 2.24) is 4.98 Å². The highest BCUT2D eigenvalue weighted by atomic mass is 35.5. The zero-order valence-electron chi connectivity index (χ0n) is 13.2. The predicted octanol–water partition coefficient (Wildman–Crippen LogP) is 3.22. The first-order chi connectivity index (χ1) is 11.7. The minimum atomic E-state index is -0.174. The molecule has 2 N–H and O–H groups in total. The number of rotatable bonds is 3. The van der Waals surface area contributed by atoms with Gasteiger partial charge in [-0.05, 0) is 13.0 Å². The van der Waals surface area contributed by atoms with Gasteiger partial charge in [0, 0.05) is 16.5 Å². The summed E-state index contributed by atoms with van der Waals surface area (Å²) in [4.78, 5) is 20.6. The van der Waals surface area contributed by atoms with Crippen molar-refractivity contribution in [2.24, 2.45) is 0 Å². The summed E-state index contributed by atoms with van der Waals surface area (Å²) in [6.45, 7) is 5.44. The molecule has 0 bridgehead atoms. The number of thiophene rings is 1. The number of quaternary nitrogens is 1. The van der Waals surface area contributed by atoms with Crippen molar-refractivity contribution in [2.45, 2.75) is 19.9 Å². The van der Waals surface area contributed by atoms with E-state index >= 15 is 0 Å². The molecule has 1 amide bonds. The number of benzene rings is 1.